The van der Waals surface area contributed by atoms with Gasteiger partial charge in [0, 0.05) is 25.4 Å². The molecule has 2 bridgehead atoms. The molecular formula is C24H31BrN8O3. The predicted molar refractivity (Wildman–Crippen MR) is 137 cm³/mol. The third-order valence-electron chi connectivity index (χ3n) is 7.83. The summed E-state index contributed by atoms with van der Waals surface area (Å²) in [7, 11) is 0. The van der Waals surface area contributed by atoms with Crippen LogP contribution >= 0.6 is 15.9 Å². The molecule has 12 heteroatoms. The molecule has 4 atom stereocenters. The maximum atomic E-state index is 5.94. The zero-order chi connectivity index (χ0) is 24.2. The van der Waals surface area contributed by atoms with Crippen LogP contribution in [0, 0.1) is 0 Å². The topological polar surface area (TPSA) is 95.6 Å². The molecule has 4 aliphatic heterocycles. The molecule has 4 aliphatic rings. The van der Waals surface area contributed by atoms with Crippen LogP contribution in [0.15, 0.2) is 16.9 Å². The average molecular weight is 559 g/mol. The first-order valence-corrected chi connectivity index (χ1v) is 13.8. The Morgan fingerprint density at radius 3 is 2.61 bits per heavy atom. The van der Waals surface area contributed by atoms with Gasteiger partial charge < -0.3 is 24.0 Å². The third kappa shape index (κ3) is 3.80. The summed E-state index contributed by atoms with van der Waals surface area (Å²) in [4.78, 5) is 15.0. The number of rotatable bonds is 4. The highest BCUT2D eigenvalue weighted by Gasteiger charge is 2.40. The second-order valence-electron chi connectivity index (χ2n) is 10.2. The largest absolute Gasteiger partial charge is 0.377 e. The molecule has 0 aromatic carbocycles. The van der Waals surface area contributed by atoms with Crippen LogP contribution < -0.4 is 9.80 Å². The SMILES string of the molecule is C[C@@H]1COCCN1c1nc(N2C3CCC2COC3)nc2c1c(Br)nn2-c1ccn(C2CCCCO2)n1. The molecule has 0 radical (unpaired) electrons. The molecule has 0 N–H and O–H groups in total. The molecule has 3 aromatic rings. The summed E-state index contributed by atoms with van der Waals surface area (Å²) < 4.78 is 22.0. The Labute approximate surface area is 217 Å². The number of morpholine rings is 2. The molecule has 3 aromatic heterocycles. The molecule has 192 valence electrons. The van der Waals surface area contributed by atoms with Crippen molar-refractivity contribution in [1.29, 1.82) is 0 Å². The van der Waals surface area contributed by atoms with Gasteiger partial charge in [0.15, 0.2) is 11.5 Å². The highest BCUT2D eigenvalue weighted by molar-refractivity contribution is 9.10. The Morgan fingerprint density at radius 1 is 0.972 bits per heavy atom. The lowest BCUT2D eigenvalue weighted by atomic mass is 10.2. The zero-order valence-electron chi connectivity index (χ0n) is 20.4. The molecule has 7 heterocycles. The van der Waals surface area contributed by atoms with E-state index in [9.17, 15) is 0 Å². The van der Waals surface area contributed by atoms with Gasteiger partial charge in [-0.3, -0.25) is 0 Å². The summed E-state index contributed by atoms with van der Waals surface area (Å²) in [5.41, 5.74) is 0.751. The second kappa shape index (κ2) is 9.23. The van der Waals surface area contributed by atoms with Crippen molar-refractivity contribution in [2.45, 2.75) is 63.4 Å². The number of hydrogen-bond acceptors (Lipinski definition) is 9. The van der Waals surface area contributed by atoms with Crippen molar-refractivity contribution in [2.75, 3.05) is 49.4 Å². The smallest absolute Gasteiger partial charge is 0.230 e. The van der Waals surface area contributed by atoms with Crippen molar-refractivity contribution in [3.63, 3.8) is 0 Å². The molecule has 0 spiro atoms. The fraction of sp³-hybridized carbons (Fsp3) is 0.667. The number of anilines is 2. The van der Waals surface area contributed by atoms with Gasteiger partial charge in [-0.2, -0.15) is 24.8 Å². The Morgan fingerprint density at radius 2 is 1.83 bits per heavy atom. The Kier molecular flexibility index (Phi) is 5.87. The monoisotopic (exact) mass is 558 g/mol. The van der Waals surface area contributed by atoms with E-state index in [0.29, 0.717) is 29.9 Å². The van der Waals surface area contributed by atoms with Crippen LogP contribution in [0.5, 0.6) is 0 Å². The number of fused-ring (bicyclic) bond motifs is 3. The zero-order valence-corrected chi connectivity index (χ0v) is 22.0. The van der Waals surface area contributed by atoms with Crippen molar-refractivity contribution < 1.29 is 14.2 Å². The first-order chi connectivity index (χ1) is 17.7. The Bertz CT molecular complexity index is 1240. The van der Waals surface area contributed by atoms with Crippen molar-refractivity contribution in [2.24, 2.45) is 0 Å². The van der Waals surface area contributed by atoms with Crippen molar-refractivity contribution in [3.8, 4) is 5.82 Å². The number of halogens is 1. The van der Waals surface area contributed by atoms with Gasteiger partial charge in [0.1, 0.15) is 16.6 Å². The van der Waals surface area contributed by atoms with E-state index >= 15 is 0 Å². The van der Waals surface area contributed by atoms with E-state index in [0.717, 1.165) is 87.1 Å². The van der Waals surface area contributed by atoms with Gasteiger partial charge >= 0.3 is 0 Å². The molecule has 0 aliphatic carbocycles. The highest BCUT2D eigenvalue weighted by Crippen LogP contribution is 2.38. The average Bonchev–Trinajstić information content (AvgIpc) is 3.59. The van der Waals surface area contributed by atoms with E-state index < -0.39 is 0 Å². The normalized spacial score (nSPS) is 28.8. The van der Waals surface area contributed by atoms with E-state index in [1.807, 2.05) is 21.6 Å². The number of nitrogens with zero attached hydrogens (tertiary/aromatic N) is 8. The van der Waals surface area contributed by atoms with Crippen molar-refractivity contribution in [1.82, 2.24) is 29.5 Å². The Hall–Kier alpha value is -2.28. The van der Waals surface area contributed by atoms with E-state index in [1.54, 1.807) is 0 Å². The first-order valence-electron chi connectivity index (χ1n) is 13.0. The van der Waals surface area contributed by atoms with Crippen LogP contribution in [0.2, 0.25) is 0 Å². The summed E-state index contributed by atoms with van der Waals surface area (Å²) in [5.74, 6) is 2.36. The predicted octanol–water partition coefficient (Wildman–Crippen LogP) is 3.07. The van der Waals surface area contributed by atoms with Gasteiger partial charge in [-0.15, -0.1) is 0 Å². The van der Waals surface area contributed by atoms with Crippen LogP contribution in [0.1, 0.15) is 45.3 Å². The first kappa shape index (κ1) is 22.9. The summed E-state index contributed by atoms with van der Waals surface area (Å²) in [6, 6.07) is 2.79. The number of aromatic nitrogens is 6. The molecule has 11 nitrogen and oxygen atoms in total. The summed E-state index contributed by atoms with van der Waals surface area (Å²) in [6.45, 7) is 6.50. The van der Waals surface area contributed by atoms with Crippen LogP contribution in [0.4, 0.5) is 11.8 Å². The maximum Gasteiger partial charge on any atom is 0.230 e. The summed E-state index contributed by atoms with van der Waals surface area (Å²) in [5, 5.41) is 10.6. The molecular weight excluding hydrogens is 528 g/mol. The van der Waals surface area contributed by atoms with E-state index in [2.05, 4.69) is 32.7 Å². The van der Waals surface area contributed by atoms with Crippen LogP contribution in [-0.2, 0) is 14.2 Å². The van der Waals surface area contributed by atoms with E-state index in [1.165, 1.54) is 0 Å². The maximum absolute atomic E-state index is 5.94. The van der Waals surface area contributed by atoms with Crippen molar-refractivity contribution in [3.05, 3.63) is 16.9 Å². The lowest BCUT2D eigenvalue weighted by molar-refractivity contribution is -0.0395. The minimum atomic E-state index is -0.0308. The van der Waals surface area contributed by atoms with Gasteiger partial charge in [-0.05, 0) is 55.0 Å². The minimum absolute atomic E-state index is 0.0308. The molecule has 4 saturated heterocycles. The number of hydrogen-bond donors (Lipinski definition) is 0. The molecule has 4 fully saturated rings. The minimum Gasteiger partial charge on any atom is -0.377 e. The fourth-order valence-electron chi connectivity index (χ4n) is 5.96. The van der Waals surface area contributed by atoms with Gasteiger partial charge in [0.25, 0.3) is 0 Å². The summed E-state index contributed by atoms with van der Waals surface area (Å²) >= 11 is 3.73. The fourth-order valence-corrected chi connectivity index (χ4v) is 6.48. The van der Waals surface area contributed by atoms with E-state index in [4.69, 9.17) is 34.4 Å². The molecule has 0 saturated carbocycles. The van der Waals surface area contributed by atoms with Gasteiger partial charge in [-0.1, -0.05) is 0 Å². The van der Waals surface area contributed by atoms with Crippen molar-refractivity contribution >= 4 is 38.7 Å². The molecule has 7 rings (SSSR count). The van der Waals surface area contributed by atoms with Crippen LogP contribution in [0.25, 0.3) is 16.9 Å². The molecule has 36 heavy (non-hydrogen) atoms. The third-order valence-corrected chi connectivity index (χ3v) is 8.38. The standard InChI is InChI=1S/C24H31BrN8O3/c1-15-12-34-11-9-30(15)22-20-21(25)29-33(18-7-8-31(28-18)19-4-2-3-10-36-19)23(20)27-24(26-22)32-16-5-6-17(32)14-35-13-16/h7-8,15-17,19H,2-6,9-14H2,1H3/t15-,16?,17?,19?/m1/s1. The van der Waals surface area contributed by atoms with Gasteiger partial charge in [0.05, 0.1) is 49.9 Å². The summed E-state index contributed by atoms with van der Waals surface area (Å²) in [6.07, 6.45) is 7.37. The van der Waals surface area contributed by atoms with E-state index in [-0.39, 0.29) is 12.3 Å². The quantitative estimate of drug-likeness (QED) is 0.478. The molecule has 0 amide bonds. The molecule has 3 unspecified atom stereocenters. The number of ether oxygens (including phenoxy) is 3. The Balaban J connectivity index is 1.37. The lowest BCUT2D eigenvalue weighted by Crippen LogP contribution is -2.47. The van der Waals surface area contributed by atoms with Gasteiger partial charge in [-0.25, -0.2) is 4.68 Å². The van der Waals surface area contributed by atoms with Crippen LogP contribution in [-0.4, -0.2) is 87.2 Å². The van der Waals surface area contributed by atoms with Crippen LogP contribution in [0.3, 0.4) is 0 Å². The lowest BCUT2D eigenvalue weighted by Gasteiger charge is -2.37. The highest BCUT2D eigenvalue weighted by atomic mass is 79.9. The second-order valence-corrected chi connectivity index (χ2v) is 10.9. The van der Waals surface area contributed by atoms with Gasteiger partial charge in [0.2, 0.25) is 5.95 Å².